The van der Waals surface area contributed by atoms with Crippen molar-refractivity contribution < 1.29 is 8.42 Å². The van der Waals surface area contributed by atoms with E-state index in [1.165, 1.54) is 0 Å². The molecule has 20 heavy (non-hydrogen) atoms. The van der Waals surface area contributed by atoms with Crippen molar-refractivity contribution in [2.24, 2.45) is 5.73 Å². The van der Waals surface area contributed by atoms with Crippen molar-refractivity contribution in [2.45, 2.75) is 57.0 Å². The summed E-state index contributed by atoms with van der Waals surface area (Å²) < 4.78 is 27.3. The molecule has 1 unspecified atom stereocenters. The standard InChI is InChI=1S/C15H24N2O2S/c1-3-14-6-4-5-9-17(14)20(18,19)15-8-7-12(2)13(10-15)11-16/h7-8,10,14H,3-6,9,11,16H2,1-2H3. The number of rotatable bonds is 4. The van der Waals surface area contributed by atoms with E-state index >= 15 is 0 Å². The van der Waals surface area contributed by atoms with Crippen LogP contribution in [0.5, 0.6) is 0 Å². The highest BCUT2D eigenvalue weighted by Gasteiger charge is 2.32. The number of hydrogen-bond acceptors (Lipinski definition) is 3. The molecule has 112 valence electrons. The molecule has 0 amide bonds. The van der Waals surface area contributed by atoms with Crippen LogP contribution in [0.15, 0.2) is 23.1 Å². The maximum atomic E-state index is 12.8. The van der Waals surface area contributed by atoms with E-state index in [9.17, 15) is 8.42 Å². The first-order valence-corrected chi connectivity index (χ1v) is 8.76. The summed E-state index contributed by atoms with van der Waals surface area (Å²) in [5.74, 6) is 0. The van der Waals surface area contributed by atoms with Gasteiger partial charge >= 0.3 is 0 Å². The van der Waals surface area contributed by atoms with Crippen LogP contribution in [0.3, 0.4) is 0 Å². The summed E-state index contributed by atoms with van der Waals surface area (Å²) >= 11 is 0. The summed E-state index contributed by atoms with van der Waals surface area (Å²) in [7, 11) is -3.39. The molecule has 0 aliphatic carbocycles. The van der Waals surface area contributed by atoms with E-state index in [0.717, 1.165) is 36.8 Å². The lowest BCUT2D eigenvalue weighted by Crippen LogP contribution is -2.43. The molecule has 0 aromatic heterocycles. The highest BCUT2D eigenvalue weighted by atomic mass is 32.2. The van der Waals surface area contributed by atoms with Crippen LogP contribution >= 0.6 is 0 Å². The lowest BCUT2D eigenvalue weighted by molar-refractivity contribution is 0.246. The van der Waals surface area contributed by atoms with Crippen molar-refractivity contribution in [3.8, 4) is 0 Å². The Labute approximate surface area is 122 Å². The molecule has 1 heterocycles. The van der Waals surface area contributed by atoms with Crippen molar-refractivity contribution in [1.29, 1.82) is 0 Å². The van der Waals surface area contributed by atoms with Gasteiger partial charge in [-0.05, 0) is 49.4 Å². The zero-order chi connectivity index (χ0) is 14.8. The van der Waals surface area contributed by atoms with Gasteiger partial charge in [-0.2, -0.15) is 4.31 Å². The Kier molecular flexibility index (Phi) is 4.83. The van der Waals surface area contributed by atoms with Gasteiger partial charge in [0.25, 0.3) is 0 Å². The van der Waals surface area contributed by atoms with Gasteiger partial charge in [0.1, 0.15) is 0 Å². The number of sulfonamides is 1. The van der Waals surface area contributed by atoms with Gasteiger partial charge in [0, 0.05) is 19.1 Å². The molecule has 1 fully saturated rings. The summed E-state index contributed by atoms with van der Waals surface area (Å²) in [5, 5.41) is 0. The maximum Gasteiger partial charge on any atom is 0.243 e. The number of aryl methyl sites for hydroxylation is 1. The highest BCUT2D eigenvalue weighted by Crippen LogP contribution is 2.27. The van der Waals surface area contributed by atoms with Crippen LogP contribution < -0.4 is 5.73 Å². The topological polar surface area (TPSA) is 63.4 Å². The van der Waals surface area contributed by atoms with E-state index in [-0.39, 0.29) is 6.04 Å². The average Bonchev–Trinajstić information content (AvgIpc) is 2.47. The Morgan fingerprint density at radius 2 is 2.10 bits per heavy atom. The molecule has 0 bridgehead atoms. The van der Waals surface area contributed by atoms with Gasteiger partial charge < -0.3 is 5.73 Å². The molecule has 1 aromatic rings. The zero-order valence-electron chi connectivity index (χ0n) is 12.3. The second-order valence-corrected chi connectivity index (χ2v) is 7.36. The molecule has 5 heteroatoms. The van der Waals surface area contributed by atoms with Crippen molar-refractivity contribution in [3.63, 3.8) is 0 Å². The van der Waals surface area contributed by atoms with Crippen LogP contribution in [0, 0.1) is 6.92 Å². The number of benzene rings is 1. The van der Waals surface area contributed by atoms with Crippen molar-refractivity contribution in [2.75, 3.05) is 6.54 Å². The minimum absolute atomic E-state index is 0.136. The molecular weight excluding hydrogens is 272 g/mol. The molecule has 2 rings (SSSR count). The van der Waals surface area contributed by atoms with Gasteiger partial charge in [-0.25, -0.2) is 8.42 Å². The summed E-state index contributed by atoms with van der Waals surface area (Å²) in [4.78, 5) is 0.379. The van der Waals surface area contributed by atoms with Crippen LogP contribution in [-0.4, -0.2) is 25.3 Å². The predicted octanol–water partition coefficient (Wildman–Crippen LogP) is 2.41. The molecule has 1 aromatic carbocycles. The Morgan fingerprint density at radius 1 is 1.35 bits per heavy atom. The van der Waals surface area contributed by atoms with Crippen molar-refractivity contribution >= 4 is 10.0 Å². The third kappa shape index (κ3) is 2.90. The molecule has 0 spiro atoms. The zero-order valence-corrected chi connectivity index (χ0v) is 13.1. The average molecular weight is 296 g/mol. The summed E-state index contributed by atoms with van der Waals surface area (Å²) in [6.45, 7) is 5.01. The second-order valence-electron chi connectivity index (χ2n) is 5.47. The van der Waals surface area contributed by atoms with Gasteiger partial charge in [-0.15, -0.1) is 0 Å². The van der Waals surface area contributed by atoms with Crippen LogP contribution in [-0.2, 0) is 16.6 Å². The first-order valence-electron chi connectivity index (χ1n) is 7.32. The van der Waals surface area contributed by atoms with E-state index in [1.54, 1.807) is 16.4 Å². The molecule has 1 aliphatic rings. The molecule has 0 radical (unpaired) electrons. The fraction of sp³-hybridized carbons (Fsp3) is 0.600. The third-order valence-electron chi connectivity index (χ3n) is 4.19. The van der Waals surface area contributed by atoms with E-state index in [1.807, 2.05) is 13.0 Å². The maximum absolute atomic E-state index is 12.8. The summed E-state index contributed by atoms with van der Waals surface area (Å²) in [6.07, 6.45) is 3.90. The number of hydrogen-bond donors (Lipinski definition) is 1. The van der Waals surface area contributed by atoms with E-state index < -0.39 is 10.0 Å². The first-order chi connectivity index (χ1) is 9.50. The van der Waals surface area contributed by atoms with Crippen molar-refractivity contribution in [1.82, 2.24) is 4.31 Å². The highest BCUT2D eigenvalue weighted by molar-refractivity contribution is 7.89. The fourth-order valence-electron chi connectivity index (χ4n) is 2.86. The minimum atomic E-state index is -3.39. The monoisotopic (exact) mass is 296 g/mol. The van der Waals surface area contributed by atoms with Crippen LogP contribution in [0.1, 0.15) is 43.7 Å². The van der Waals surface area contributed by atoms with E-state index in [2.05, 4.69) is 6.92 Å². The van der Waals surface area contributed by atoms with Crippen LogP contribution in [0.4, 0.5) is 0 Å². The SMILES string of the molecule is CCC1CCCCN1S(=O)(=O)c1ccc(C)c(CN)c1. The Balaban J connectivity index is 2.38. The van der Waals surface area contributed by atoms with Gasteiger partial charge in [0.2, 0.25) is 10.0 Å². The van der Waals surface area contributed by atoms with Gasteiger partial charge in [0.15, 0.2) is 0 Å². The molecule has 1 atom stereocenters. The molecular formula is C15H24N2O2S. The predicted molar refractivity (Wildman–Crippen MR) is 80.9 cm³/mol. The Bertz CT molecular complexity index is 569. The fourth-order valence-corrected chi connectivity index (χ4v) is 4.68. The first kappa shape index (κ1) is 15.5. The van der Waals surface area contributed by atoms with E-state index in [4.69, 9.17) is 5.73 Å². The van der Waals surface area contributed by atoms with Crippen molar-refractivity contribution in [3.05, 3.63) is 29.3 Å². The number of piperidine rings is 1. The lowest BCUT2D eigenvalue weighted by Gasteiger charge is -2.34. The molecule has 4 nitrogen and oxygen atoms in total. The molecule has 1 saturated heterocycles. The van der Waals surface area contributed by atoms with Gasteiger partial charge in [-0.3, -0.25) is 0 Å². The second kappa shape index (κ2) is 6.24. The van der Waals surface area contributed by atoms with Gasteiger partial charge in [-0.1, -0.05) is 19.4 Å². The van der Waals surface area contributed by atoms with E-state index in [0.29, 0.717) is 18.0 Å². The summed E-state index contributed by atoms with van der Waals surface area (Å²) in [6, 6.07) is 5.41. The lowest BCUT2D eigenvalue weighted by atomic mass is 10.0. The minimum Gasteiger partial charge on any atom is -0.326 e. The largest absolute Gasteiger partial charge is 0.326 e. The Morgan fingerprint density at radius 3 is 2.75 bits per heavy atom. The van der Waals surface area contributed by atoms with Crippen LogP contribution in [0.2, 0.25) is 0 Å². The quantitative estimate of drug-likeness (QED) is 0.928. The third-order valence-corrected chi connectivity index (χ3v) is 6.14. The van der Waals surface area contributed by atoms with Crippen LogP contribution in [0.25, 0.3) is 0 Å². The smallest absolute Gasteiger partial charge is 0.243 e. The molecule has 0 saturated carbocycles. The van der Waals surface area contributed by atoms with Gasteiger partial charge in [0.05, 0.1) is 4.90 Å². The molecule has 1 aliphatic heterocycles. The normalized spacial score (nSPS) is 21.1. The molecule has 2 N–H and O–H groups in total. The Hall–Kier alpha value is -0.910. The number of nitrogens with two attached hydrogens (primary N) is 1. The number of nitrogens with zero attached hydrogens (tertiary/aromatic N) is 1. The summed E-state index contributed by atoms with van der Waals surface area (Å²) in [5.41, 5.74) is 7.62.